The minimum atomic E-state index is 1.03. The van der Waals surface area contributed by atoms with Crippen molar-refractivity contribution < 1.29 is 0 Å². The lowest BCUT2D eigenvalue weighted by Crippen LogP contribution is -2.15. The summed E-state index contributed by atoms with van der Waals surface area (Å²) in [5.74, 6) is 0. The number of aryl methyl sites for hydroxylation is 3. The molecule has 0 unspecified atom stereocenters. The second-order valence-electron chi connectivity index (χ2n) is 5.88. The second-order valence-corrected chi connectivity index (χ2v) is 7.00. The molecular formula is C18H18N4S. The van der Waals surface area contributed by atoms with Gasteiger partial charge in [-0.1, -0.05) is 18.2 Å². The number of benzene rings is 1. The molecule has 0 amide bonds. The van der Waals surface area contributed by atoms with Gasteiger partial charge in [0, 0.05) is 30.3 Å². The highest BCUT2D eigenvalue weighted by Crippen LogP contribution is 2.48. The zero-order valence-corrected chi connectivity index (χ0v) is 14.5. The van der Waals surface area contributed by atoms with Crippen molar-refractivity contribution in [3.05, 3.63) is 53.3 Å². The number of nitrogens with zero attached hydrogens (tertiary/aromatic N) is 4. The summed E-state index contributed by atoms with van der Waals surface area (Å²) < 4.78 is 4.22. The van der Waals surface area contributed by atoms with Gasteiger partial charge in [0.05, 0.1) is 17.1 Å². The number of hydrogen-bond acceptors (Lipinski definition) is 4. The van der Waals surface area contributed by atoms with Gasteiger partial charge in [0.2, 0.25) is 0 Å². The third-order valence-electron chi connectivity index (χ3n) is 4.12. The fourth-order valence-electron chi connectivity index (χ4n) is 3.21. The topological polar surface area (TPSA) is 34.0 Å². The molecule has 0 saturated carbocycles. The maximum Gasteiger partial charge on any atom is 0.127 e. The third-order valence-corrected chi connectivity index (χ3v) is 5.04. The summed E-state index contributed by atoms with van der Waals surface area (Å²) >= 11 is 1.67. The summed E-state index contributed by atoms with van der Waals surface area (Å²) in [5, 5.41) is 5.86. The maximum absolute atomic E-state index is 4.81. The quantitative estimate of drug-likeness (QED) is 0.625. The summed E-state index contributed by atoms with van der Waals surface area (Å²) in [4.78, 5) is 4.75. The first-order valence-corrected chi connectivity index (χ1v) is 8.39. The predicted octanol–water partition coefficient (Wildman–Crippen LogP) is 4.32. The van der Waals surface area contributed by atoms with Crippen LogP contribution in [-0.2, 0) is 0 Å². The molecule has 4 nitrogen and oxygen atoms in total. The molecule has 1 aliphatic rings. The Labute approximate surface area is 140 Å². The Morgan fingerprint density at radius 1 is 1.04 bits per heavy atom. The normalized spacial score (nSPS) is 13.0. The molecule has 1 aromatic carbocycles. The number of hydrogen-bond donors (Lipinski definition) is 0. The van der Waals surface area contributed by atoms with Gasteiger partial charge in [0.15, 0.2) is 0 Å². The maximum atomic E-state index is 4.81. The number of para-hydroxylation sites is 1. The van der Waals surface area contributed by atoms with E-state index in [9.17, 15) is 0 Å². The van der Waals surface area contributed by atoms with Crippen molar-refractivity contribution >= 4 is 17.6 Å². The first kappa shape index (κ1) is 14.3. The van der Waals surface area contributed by atoms with E-state index in [0.29, 0.717) is 0 Å². The van der Waals surface area contributed by atoms with Crippen LogP contribution in [0.5, 0.6) is 0 Å². The average molecular weight is 322 g/mol. The minimum Gasteiger partial charge on any atom is -0.310 e. The Kier molecular flexibility index (Phi) is 3.20. The Bertz CT molecular complexity index is 899. The number of anilines is 1. The summed E-state index contributed by atoms with van der Waals surface area (Å²) in [6.45, 7) is 6.27. The van der Waals surface area contributed by atoms with Crippen molar-refractivity contribution in [1.82, 2.24) is 14.8 Å². The lowest BCUT2D eigenvalue weighted by atomic mass is 10.1. The molecular weight excluding hydrogens is 304 g/mol. The van der Waals surface area contributed by atoms with E-state index in [1.807, 2.05) is 29.8 Å². The van der Waals surface area contributed by atoms with Gasteiger partial charge in [0.25, 0.3) is 0 Å². The van der Waals surface area contributed by atoms with Gasteiger partial charge in [-0.05, 0) is 44.5 Å². The van der Waals surface area contributed by atoms with Gasteiger partial charge in [-0.15, -0.1) is 0 Å². The van der Waals surface area contributed by atoms with Crippen LogP contribution in [-0.4, -0.2) is 21.8 Å². The largest absolute Gasteiger partial charge is 0.310 e. The van der Waals surface area contributed by atoms with Gasteiger partial charge in [-0.2, -0.15) is 5.10 Å². The molecule has 0 fully saturated rings. The third kappa shape index (κ3) is 2.15. The van der Waals surface area contributed by atoms with Crippen LogP contribution in [0.3, 0.4) is 0 Å². The SMILES string of the molecule is Cc1cc(C)c2c(n1)SN(C)c1c(C)nn(-c3ccccc3)c1-2. The van der Waals surface area contributed by atoms with Gasteiger partial charge in [0.1, 0.15) is 10.7 Å². The molecule has 116 valence electrons. The van der Waals surface area contributed by atoms with Crippen molar-refractivity contribution in [2.24, 2.45) is 0 Å². The fraction of sp³-hybridized carbons (Fsp3) is 0.222. The molecule has 0 aliphatic carbocycles. The molecule has 1 aliphatic heterocycles. The molecule has 0 spiro atoms. The molecule has 0 bridgehead atoms. The van der Waals surface area contributed by atoms with Crippen LogP contribution in [0.1, 0.15) is 17.0 Å². The first-order chi connectivity index (χ1) is 11.1. The molecule has 2 aromatic heterocycles. The van der Waals surface area contributed by atoms with E-state index in [0.717, 1.165) is 27.8 Å². The molecule has 5 heteroatoms. The van der Waals surface area contributed by atoms with E-state index >= 15 is 0 Å². The Hall–Kier alpha value is -2.27. The number of fused-ring (bicyclic) bond motifs is 3. The zero-order chi connectivity index (χ0) is 16.1. The van der Waals surface area contributed by atoms with Crippen LogP contribution in [0.15, 0.2) is 41.4 Å². The summed E-state index contributed by atoms with van der Waals surface area (Å²) in [6, 6.07) is 12.4. The lowest BCUT2D eigenvalue weighted by molar-refractivity contribution is 0.863. The van der Waals surface area contributed by atoms with Crippen molar-refractivity contribution in [3.63, 3.8) is 0 Å². The lowest BCUT2D eigenvalue weighted by Gasteiger charge is -2.27. The van der Waals surface area contributed by atoms with Crippen molar-refractivity contribution in [1.29, 1.82) is 0 Å². The van der Waals surface area contributed by atoms with Crippen LogP contribution in [0.4, 0.5) is 5.69 Å². The van der Waals surface area contributed by atoms with Crippen molar-refractivity contribution in [2.75, 3.05) is 11.4 Å². The van der Waals surface area contributed by atoms with E-state index in [4.69, 9.17) is 10.1 Å². The Morgan fingerprint density at radius 2 is 1.78 bits per heavy atom. The van der Waals surface area contributed by atoms with E-state index in [1.165, 1.54) is 16.8 Å². The average Bonchev–Trinajstić information content (AvgIpc) is 2.85. The smallest absolute Gasteiger partial charge is 0.127 e. The van der Waals surface area contributed by atoms with E-state index in [-0.39, 0.29) is 0 Å². The summed E-state index contributed by atoms with van der Waals surface area (Å²) in [7, 11) is 2.08. The number of rotatable bonds is 1. The van der Waals surface area contributed by atoms with Crippen LogP contribution < -0.4 is 4.31 Å². The minimum absolute atomic E-state index is 1.03. The van der Waals surface area contributed by atoms with Crippen molar-refractivity contribution in [2.45, 2.75) is 25.8 Å². The van der Waals surface area contributed by atoms with E-state index in [1.54, 1.807) is 11.9 Å². The number of pyridine rings is 1. The number of aromatic nitrogens is 3. The molecule has 0 atom stereocenters. The highest BCUT2D eigenvalue weighted by Gasteiger charge is 2.30. The van der Waals surface area contributed by atoms with Crippen LogP contribution in [0, 0.1) is 20.8 Å². The highest BCUT2D eigenvalue weighted by atomic mass is 32.2. The zero-order valence-electron chi connectivity index (χ0n) is 13.7. The molecule has 23 heavy (non-hydrogen) atoms. The van der Waals surface area contributed by atoms with Crippen LogP contribution in [0.2, 0.25) is 0 Å². The Balaban J connectivity index is 2.07. The standard InChI is InChI=1S/C18H18N4S/c1-11-10-12(2)19-18-15(11)17-16(21(4)23-18)13(3)20-22(17)14-8-6-5-7-9-14/h5-10H,1-4H3. The highest BCUT2D eigenvalue weighted by molar-refractivity contribution is 8.00. The summed E-state index contributed by atoms with van der Waals surface area (Å²) in [6.07, 6.45) is 0. The second kappa shape index (κ2) is 5.13. The van der Waals surface area contributed by atoms with E-state index < -0.39 is 0 Å². The molecule has 0 N–H and O–H groups in total. The molecule has 3 heterocycles. The molecule has 0 radical (unpaired) electrons. The van der Waals surface area contributed by atoms with Gasteiger partial charge in [-0.25, -0.2) is 9.67 Å². The van der Waals surface area contributed by atoms with Gasteiger partial charge in [-0.3, -0.25) is 0 Å². The molecule has 3 aromatic rings. The van der Waals surface area contributed by atoms with E-state index in [2.05, 4.69) is 43.4 Å². The molecule has 4 rings (SSSR count). The van der Waals surface area contributed by atoms with Crippen molar-refractivity contribution in [3.8, 4) is 16.9 Å². The van der Waals surface area contributed by atoms with Gasteiger partial charge >= 0.3 is 0 Å². The fourth-order valence-corrected chi connectivity index (χ4v) is 4.31. The van der Waals surface area contributed by atoms with Gasteiger partial charge < -0.3 is 4.31 Å². The predicted molar refractivity (Wildman–Crippen MR) is 95.3 cm³/mol. The summed E-state index contributed by atoms with van der Waals surface area (Å²) in [5.41, 5.74) is 7.89. The van der Waals surface area contributed by atoms with Crippen LogP contribution >= 0.6 is 11.9 Å². The first-order valence-electron chi connectivity index (χ1n) is 7.61. The Morgan fingerprint density at radius 3 is 2.52 bits per heavy atom. The monoisotopic (exact) mass is 322 g/mol. The van der Waals surface area contributed by atoms with Crippen LogP contribution in [0.25, 0.3) is 16.9 Å². The molecule has 0 saturated heterocycles.